The summed E-state index contributed by atoms with van der Waals surface area (Å²) in [5.74, 6) is 0.648. The van der Waals surface area contributed by atoms with Gasteiger partial charge < -0.3 is 9.47 Å². The Kier molecular flexibility index (Phi) is 4.30. The third kappa shape index (κ3) is 3.28. The summed E-state index contributed by atoms with van der Waals surface area (Å²) in [4.78, 5) is 22.1. The Hall–Kier alpha value is -3.13. The van der Waals surface area contributed by atoms with Crippen LogP contribution in [0.5, 0.6) is 11.5 Å². The van der Waals surface area contributed by atoms with Gasteiger partial charge in [-0.05, 0) is 35.9 Å². The van der Waals surface area contributed by atoms with Gasteiger partial charge in [0.1, 0.15) is 5.02 Å². The molecule has 0 saturated carbocycles. The highest BCUT2D eigenvalue weighted by molar-refractivity contribution is 6.32. The topological polar surface area (TPSA) is 103 Å². The molecule has 1 N–H and O–H groups in total. The van der Waals surface area contributed by atoms with Gasteiger partial charge in [-0.25, -0.2) is 5.43 Å². The Bertz CT molecular complexity index is 853. The zero-order chi connectivity index (χ0) is 17.1. The molecule has 0 saturated heterocycles. The van der Waals surface area contributed by atoms with E-state index in [2.05, 4.69) is 10.5 Å². The van der Waals surface area contributed by atoms with Crippen LogP contribution in [0.3, 0.4) is 0 Å². The van der Waals surface area contributed by atoms with Gasteiger partial charge in [0.05, 0.1) is 11.1 Å². The maximum atomic E-state index is 12.0. The molecule has 8 nitrogen and oxygen atoms in total. The van der Waals surface area contributed by atoms with Crippen molar-refractivity contribution in [3.63, 3.8) is 0 Å². The minimum atomic E-state index is -0.658. The molecular formula is C15H10ClN3O5. The monoisotopic (exact) mass is 347 g/mol. The SMILES string of the molecule is O=C(N/N=C\c1ccc2c(c1)OCO2)c1ccc(Cl)c([N+](=O)[O-])c1. The van der Waals surface area contributed by atoms with Crippen molar-refractivity contribution in [1.29, 1.82) is 0 Å². The fourth-order valence-electron chi connectivity index (χ4n) is 2.02. The maximum Gasteiger partial charge on any atom is 0.288 e. The number of nitro groups is 1. The lowest BCUT2D eigenvalue weighted by atomic mass is 10.2. The van der Waals surface area contributed by atoms with Crippen molar-refractivity contribution in [3.8, 4) is 11.5 Å². The summed E-state index contributed by atoms with van der Waals surface area (Å²) in [6, 6.07) is 8.94. The molecule has 0 bridgehead atoms. The molecule has 0 unspecified atom stereocenters. The van der Waals surface area contributed by atoms with Crippen molar-refractivity contribution in [2.75, 3.05) is 6.79 Å². The Balaban J connectivity index is 1.69. The highest BCUT2D eigenvalue weighted by atomic mass is 35.5. The minimum Gasteiger partial charge on any atom is -0.454 e. The lowest BCUT2D eigenvalue weighted by molar-refractivity contribution is -0.384. The van der Waals surface area contributed by atoms with Crippen molar-refractivity contribution in [2.45, 2.75) is 0 Å². The molecule has 0 fully saturated rings. The van der Waals surface area contributed by atoms with Gasteiger partial charge in [-0.1, -0.05) is 11.6 Å². The average molecular weight is 348 g/mol. The zero-order valence-electron chi connectivity index (χ0n) is 12.1. The number of ether oxygens (including phenoxy) is 2. The van der Waals surface area contributed by atoms with Gasteiger partial charge in [-0.15, -0.1) is 0 Å². The largest absolute Gasteiger partial charge is 0.454 e. The van der Waals surface area contributed by atoms with Gasteiger partial charge in [-0.3, -0.25) is 14.9 Å². The van der Waals surface area contributed by atoms with Gasteiger partial charge in [0.2, 0.25) is 6.79 Å². The van der Waals surface area contributed by atoms with Crippen LogP contribution in [0.4, 0.5) is 5.69 Å². The summed E-state index contributed by atoms with van der Waals surface area (Å²) in [7, 11) is 0. The smallest absolute Gasteiger partial charge is 0.288 e. The molecule has 2 aromatic rings. The van der Waals surface area contributed by atoms with E-state index in [1.807, 2.05) is 0 Å². The molecule has 0 radical (unpaired) electrons. The number of halogens is 1. The molecule has 1 amide bonds. The zero-order valence-corrected chi connectivity index (χ0v) is 12.8. The lowest BCUT2D eigenvalue weighted by Crippen LogP contribution is -2.17. The van der Waals surface area contributed by atoms with Gasteiger partial charge in [0, 0.05) is 11.6 Å². The molecule has 2 aromatic carbocycles. The third-order valence-corrected chi connectivity index (χ3v) is 3.50. The Morgan fingerprint density at radius 2 is 2.04 bits per heavy atom. The van der Waals surface area contributed by atoms with Crippen LogP contribution in [-0.4, -0.2) is 23.8 Å². The fourth-order valence-corrected chi connectivity index (χ4v) is 2.20. The number of rotatable bonds is 4. The second-order valence-electron chi connectivity index (χ2n) is 4.74. The first-order valence-electron chi connectivity index (χ1n) is 6.71. The minimum absolute atomic E-state index is 0.0413. The first-order valence-corrected chi connectivity index (χ1v) is 7.09. The first kappa shape index (κ1) is 15.8. The summed E-state index contributed by atoms with van der Waals surface area (Å²) >= 11 is 5.70. The number of benzene rings is 2. The third-order valence-electron chi connectivity index (χ3n) is 3.18. The van der Waals surface area contributed by atoms with E-state index in [4.69, 9.17) is 21.1 Å². The number of nitro benzene ring substituents is 1. The van der Waals surface area contributed by atoms with E-state index in [0.717, 1.165) is 6.07 Å². The van der Waals surface area contributed by atoms with E-state index in [0.29, 0.717) is 17.1 Å². The summed E-state index contributed by atoms with van der Waals surface area (Å²) < 4.78 is 10.4. The highest BCUT2D eigenvalue weighted by Crippen LogP contribution is 2.32. The number of carbonyl (C=O) groups is 1. The molecule has 24 heavy (non-hydrogen) atoms. The molecule has 0 spiro atoms. The van der Waals surface area contributed by atoms with Crippen LogP contribution in [0.2, 0.25) is 5.02 Å². The maximum absolute atomic E-state index is 12.0. The Morgan fingerprint density at radius 3 is 2.83 bits per heavy atom. The predicted molar refractivity (Wildman–Crippen MR) is 85.7 cm³/mol. The number of hydrogen-bond acceptors (Lipinski definition) is 6. The lowest BCUT2D eigenvalue weighted by Gasteiger charge is -2.01. The van der Waals surface area contributed by atoms with Gasteiger partial charge in [0.25, 0.3) is 11.6 Å². The number of hydrogen-bond donors (Lipinski definition) is 1. The van der Waals surface area contributed by atoms with E-state index < -0.39 is 10.8 Å². The van der Waals surface area contributed by atoms with Crippen LogP contribution in [0.25, 0.3) is 0 Å². The molecule has 0 aromatic heterocycles. The summed E-state index contributed by atoms with van der Waals surface area (Å²) in [5.41, 5.74) is 2.72. The van der Waals surface area contributed by atoms with Crippen LogP contribution in [0.1, 0.15) is 15.9 Å². The summed E-state index contributed by atoms with van der Waals surface area (Å²) in [6.07, 6.45) is 1.42. The molecule has 1 heterocycles. The predicted octanol–water partition coefficient (Wildman–Crippen LogP) is 2.74. The quantitative estimate of drug-likeness (QED) is 0.520. The van der Waals surface area contributed by atoms with Crippen molar-refractivity contribution >= 4 is 29.4 Å². The average Bonchev–Trinajstić information content (AvgIpc) is 3.02. The number of nitrogens with zero attached hydrogens (tertiary/aromatic N) is 2. The Morgan fingerprint density at radius 1 is 1.25 bits per heavy atom. The van der Waals surface area contributed by atoms with E-state index in [1.54, 1.807) is 18.2 Å². The molecule has 1 aliphatic heterocycles. The summed E-state index contributed by atoms with van der Waals surface area (Å²) in [5, 5.41) is 14.6. The number of hydrazone groups is 1. The number of nitrogens with one attached hydrogen (secondary N) is 1. The Labute approximate surface area is 140 Å². The molecule has 0 atom stereocenters. The van der Waals surface area contributed by atoms with Crippen LogP contribution in [0.15, 0.2) is 41.5 Å². The van der Waals surface area contributed by atoms with E-state index in [-0.39, 0.29) is 23.1 Å². The fraction of sp³-hybridized carbons (Fsp3) is 0.0667. The van der Waals surface area contributed by atoms with Crippen LogP contribution in [-0.2, 0) is 0 Å². The molecule has 0 aliphatic carbocycles. The van der Waals surface area contributed by atoms with E-state index in [9.17, 15) is 14.9 Å². The van der Waals surface area contributed by atoms with Gasteiger partial charge in [-0.2, -0.15) is 5.10 Å². The van der Waals surface area contributed by atoms with E-state index in [1.165, 1.54) is 18.3 Å². The number of fused-ring (bicyclic) bond motifs is 1. The van der Waals surface area contributed by atoms with Crippen molar-refractivity contribution in [3.05, 3.63) is 62.7 Å². The van der Waals surface area contributed by atoms with Gasteiger partial charge >= 0.3 is 0 Å². The number of amides is 1. The van der Waals surface area contributed by atoms with Crippen molar-refractivity contribution in [1.82, 2.24) is 5.43 Å². The first-order chi connectivity index (χ1) is 11.5. The summed E-state index contributed by atoms with van der Waals surface area (Å²) in [6.45, 7) is 0.169. The normalized spacial score (nSPS) is 12.4. The molecule has 122 valence electrons. The van der Waals surface area contributed by atoms with Crippen LogP contribution >= 0.6 is 11.6 Å². The van der Waals surface area contributed by atoms with Crippen LogP contribution < -0.4 is 14.9 Å². The number of carbonyl (C=O) groups excluding carboxylic acids is 1. The van der Waals surface area contributed by atoms with Gasteiger partial charge in [0.15, 0.2) is 11.5 Å². The highest BCUT2D eigenvalue weighted by Gasteiger charge is 2.16. The van der Waals surface area contributed by atoms with Crippen LogP contribution in [0, 0.1) is 10.1 Å². The standard InChI is InChI=1S/C15H10ClN3O5/c16-11-3-2-10(6-12(11)19(21)22)15(20)18-17-7-9-1-4-13-14(5-9)24-8-23-13/h1-7H,8H2,(H,18,20)/b17-7-. The van der Waals surface area contributed by atoms with Crippen molar-refractivity contribution in [2.24, 2.45) is 5.10 Å². The second kappa shape index (κ2) is 6.55. The molecule has 9 heteroatoms. The molecular weight excluding hydrogens is 338 g/mol. The molecule has 3 rings (SSSR count). The van der Waals surface area contributed by atoms with Crippen molar-refractivity contribution < 1.29 is 19.2 Å². The van der Waals surface area contributed by atoms with E-state index >= 15 is 0 Å². The second-order valence-corrected chi connectivity index (χ2v) is 5.14. The molecule has 1 aliphatic rings.